The summed E-state index contributed by atoms with van der Waals surface area (Å²) in [4.78, 5) is 15.5. The number of fused-ring (bicyclic) bond motifs is 1. The highest BCUT2D eigenvalue weighted by molar-refractivity contribution is 6.27. The zero-order chi connectivity index (χ0) is 17.2. The van der Waals surface area contributed by atoms with Gasteiger partial charge in [0.2, 0.25) is 0 Å². The van der Waals surface area contributed by atoms with E-state index in [1.54, 1.807) is 0 Å². The molecule has 0 saturated heterocycles. The van der Waals surface area contributed by atoms with Gasteiger partial charge in [-0.2, -0.15) is 5.10 Å². The monoisotopic (exact) mass is 330 g/mol. The van der Waals surface area contributed by atoms with Crippen LogP contribution >= 0.6 is 0 Å². The second-order valence-corrected chi connectivity index (χ2v) is 6.11. The molecule has 3 aromatic rings. The molecule has 0 spiro atoms. The van der Waals surface area contributed by atoms with Gasteiger partial charge in [-0.3, -0.25) is 4.79 Å². The molecule has 0 radical (unpaired) electrons. The summed E-state index contributed by atoms with van der Waals surface area (Å²) in [6.07, 6.45) is 3.36. The Labute approximate surface area is 145 Å². The number of nitrogen functional groups attached to an aromatic ring is 1. The number of anilines is 1. The van der Waals surface area contributed by atoms with Crippen LogP contribution in [0.5, 0.6) is 0 Å². The molecular weight excluding hydrogens is 312 g/mol. The number of hydrogen-bond acceptors (Lipinski definition) is 3. The Morgan fingerprint density at radius 3 is 2.64 bits per heavy atom. The van der Waals surface area contributed by atoms with E-state index >= 15 is 0 Å². The fraction of sp³-hybridized carbons (Fsp3) is 0.100. The summed E-state index contributed by atoms with van der Waals surface area (Å²) < 4.78 is 0. The van der Waals surface area contributed by atoms with Crippen molar-refractivity contribution in [1.82, 2.24) is 10.4 Å². The van der Waals surface area contributed by atoms with Gasteiger partial charge in [-0.25, -0.2) is 5.43 Å². The van der Waals surface area contributed by atoms with Crippen LogP contribution in [-0.2, 0) is 11.2 Å². The van der Waals surface area contributed by atoms with E-state index in [-0.39, 0.29) is 5.91 Å². The number of carbonyl (C=O) groups excluding carboxylic acids is 1. The Morgan fingerprint density at radius 1 is 1.04 bits per heavy atom. The first-order valence-corrected chi connectivity index (χ1v) is 8.20. The molecule has 1 aromatic heterocycles. The summed E-state index contributed by atoms with van der Waals surface area (Å²) in [5, 5.41) is 5.31. The fourth-order valence-electron chi connectivity index (χ4n) is 2.99. The van der Waals surface area contributed by atoms with E-state index in [9.17, 15) is 4.79 Å². The largest absolute Gasteiger partial charge is 0.399 e. The standard InChI is InChI=1S/C20H18N4O/c21-15-8-5-13(6-9-15)7-10-19-17(20(25)24-23-19)12-16-11-14-3-1-2-4-18(14)22-16/h1-6,8-9,11-12,22H,7,10,21H2,(H,24,25)/b17-12+. The van der Waals surface area contributed by atoms with Gasteiger partial charge in [-0.05, 0) is 54.1 Å². The molecule has 0 aliphatic carbocycles. The summed E-state index contributed by atoms with van der Waals surface area (Å²) >= 11 is 0. The molecule has 1 amide bonds. The Hall–Kier alpha value is -3.34. The lowest BCUT2D eigenvalue weighted by molar-refractivity contribution is -0.116. The SMILES string of the molecule is Nc1ccc(CCC2=NNC(=O)/C2=C/c2cc3ccccc3[nH]2)cc1. The third-order valence-electron chi connectivity index (χ3n) is 4.33. The molecule has 4 rings (SSSR count). The van der Waals surface area contributed by atoms with E-state index in [0.29, 0.717) is 12.0 Å². The molecule has 4 N–H and O–H groups in total. The molecular formula is C20H18N4O. The molecule has 0 atom stereocenters. The summed E-state index contributed by atoms with van der Waals surface area (Å²) in [6, 6.07) is 17.8. The number of aromatic nitrogens is 1. The van der Waals surface area contributed by atoms with Crippen LogP contribution in [0.3, 0.4) is 0 Å². The number of rotatable bonds is 4. The Bertz CT molecular complexity index is 963. The number of nitrogens with one attached hydrogen (secondary N) is 2. The molecule has 1 aliphatic rings. The minimum absolute atomic E-state index is 0.161. The smallest absolute Gasteiger partial charge is 0.273 e. The van der Waals surface area contributed by atoms with Crippen LogP contribution < -0.4 is 11.2 Å². The second kappa shape index (κ2) is 6.28. The lowest BCUT2D eigenvalue weighted by Crippen LogP contribution is -2.13. The maximum Gasteiger partial charge on any atom is 0.273 e. The molecule has 124 valence electrons. The van der Waals surface area contributed by atoms with E-state index in [1.807, 2.05) is 60.7 Å². The minimum Gasteiger partial charge on any atom is -0.399 e. The van der Waals surface area contributed by atoms with Gasteiger partial charge >= 0.3 is 0 Å². The topological polar surface area (TPSA) is 83.3 Å². The second-order valence-electron chi connectivity index (χ2n) is 6.11. The lowest BCUT2D eigenvalue weighted by Gasteiger charge is -2.03. The molecule has 2 heterocycles. The number of amides is 1. The van der Waals surface area contributed by atoms with E-state index in [2.05, 4.69) is 15.5 Å². The molecule has 5 nitrogen and oxygen atoms in total. The summed E-state index contributed by atoms with van der Waals surface area (Å²) in [5.41, 5.74) is 13.5. The number of carbonyl (C=O) groups is 1. The van der Waals surface area contributed by atoms with Gasteiger partial charge < -0.3 is 10.7 Å². The third kappa shape index (κ3) is 3.17. The van der Waals surface area contributed by atoms with Crippen LogP contribution in [0.25, 0.3) is 17.0 Å². The van der Waals surface area contributed by atoms with Crippen LogP contribution in [0, 0.1) is 0 Å². The van der Waals surface area contributed by atoms with Crippen molar-refractivity contribution >= 4 is 34.3 Å². The normalized spacial score (nSPS) is 15.6. The quantitative estimate of drug-likeness (QED) is 0.507. The highest BCUT2D eigenvalue weighted by Gasteiger charge is 2.22. The number of hydrogen-bond donors (Lipinski definition) is 3. The number of nitrogens with zero attached hydrogens (tertiary/aromatic N) is 1. The first kappa shape index (κ1) is 15.2. The summed E-state index contributed by atoms with van der Waals surface area (Å²) in [5.74, 6) is -0.161. The van der Waals surface area contributed by atoms with Crippen molar-refractivity contribution in [3.05, 3.63) is 71.4 Å². The third-order valence-corrected chi connectivity index (χ3v) is 4.33. The Balaban J connectivity index is 1.55. The molecule has 0 bridgehead atoms. The summed E-state index contributed by atoms with van der Waals surface area (Å²) in [7, 11) is 0. The van der Waals surface area contributed by atoms with Gasteiger partial charge in [-0.15, -0.1) is 0 Å². The average molecular weight is 330 g/mol. The van der Waals surface area contributed by atoms with Crippen molar-refractivity contribution in [2.45, 2.75) is 12.8 Å². The van der Waals surface area contributed by atoms with E-state index in [0.717, 1.165) is 34.4 Å². The van der Waals surface area contributed by atoms with Crippen molar-refractivity contribution in [3.8, 4) is 0 Å². The molecule has 0 unspecified atom stereocenters. The van der Waals surface area contributed by atoms with Gasteiger partial charge in [0, 0.05) is 16.9 Å². The van der Waals surface area contributed by atoms with E-state index in [4.69, 9.17) is 5.73 Å². The van der Waals surface area contributed by atoms with Gasteiger partial charge in [0.1, 0.15) is 0 Å². The zero-order valence-electron chi connectivity index (χ0n) is 13.6. The first-order chi connectivity index (χ1) is 12.2. The number of hydrazone groups is 1. The highest BCUT2D eigenvalue weighted by Crippen LogP contribution is 2.20. The number of para-hydroxylation sites is 1. The summed E-state index contributed by atoms with van der Waals surface area (Å²) in [6.45, 7) is 0. The van der Waals surface area contributed by atoms with Crippen molar-refractivity contribution in [3.63, 3.8) is 0 Å². The number of aryl methyl sites for hydroxylation is 1. The molecule has 5 heteroatoms. The van der Waals surface area contributed by atoms with Crippen molar-refractivity contribution < 1.29 is 4.79 Å². The maximum atomic E-state index is 12.1. The highest BCUT2D eigenvalue weighted by atomic mass is 16.2. The van der Waals surface area contributed by atoms with Crippen LogP contribution in [0.15, 0.2) is 65.3 Å². The minimum atomic E-state index is -0.161. The van der Waals surface area contributed by atoms with E-state index < -0.39 is 0 Å². The molecule has 0 saturated carbocycles. The van der Waals surface area contributed by atoms with Crippen molar-refractivity contribution in [2.75, 3.05) is 5.73 Å². The number of nitrogens with two attached hydrogens (primary N) is 1. The van der Waals surface area contributed by atoms with Gasteiger partial charge in [0.15, 0.2) is 0 Å². The van der Waals surface area contributed by atoms with Crippen LogP contribution in [0.2, 0.25) is 0 Å². The molecule has 1 aliphatic heterocycles. The van der Waals surface area contributed by atoms with Gasteiger partial charge in [0.05, 0.1) is 11.3 Å². The lowest BCUT2D eigenvalue weighted by atomic mass is 10.0. The fourth-order valence-corrected chi connectivity index (χ4v) is 2.99. The van der Waals surface area contributed by atoms with Crippen molar-refractivity contribution in [1.29, 1.82) is 0 Å². The molecule has 2 aromatic carbocycles. The Morgan fingerprint density at radius 2 is 1.84 bits per heavy atom. The maximum absolute atomic E-state index is 12.1. The predicted octanol–water partition coefficient (Wildman–Crippen LogP) is 3.25. The van der Waals surface area contributed by atoms with E-state index in [1.165, 1.54) is 5.56 Å². The Kier molecular flexibility index (Phi) is 3.82. The molecule has 0 fully saturated rings. The predicted molar refractivity (Wildman–Crippen MR) is 101 cm³/mol. The average Bonchev–Trinajstić information content (AvgIpc) is 3.18. The number of benzene rings is 2. The van der Waals surface area contributed by atoms with Crippen LogP contribution in [0.1, 0.15) is 17.7 Å². The van der Waals surface area contributed by atoms with Gasteiger partial charge in [0.25, 0.3) is 5.91 Å². The van der Waals surface area contributed by atoms with Crippen LogP contribution in [-0.4, -0.2) is 16.6 Å². The number of aromatic amines is 1. The van der Waals surface area contributed by atoms with Crippen LogP contribution in [0.4, 0.5) is 5.69 Å². The first-order valence-electron chi connectivity index (χ1n) is 8.20. The van der Waals surface area contributed by atoms with Crippen molar-refractivity contribution in [2.24, 2.45) is 5.10 Å². The van der Waals surface area contributed by atoms with Gasteiger partial charge in [-0.1, -0.05) is 30.3 Å². The zero-order valence-corrected chi connectivity index (χ0v) is 13.6. The molecule has 25 heavy (non-hydrogen) atoms. The number of H-pyrrole nitrogens is 1.